The summed E-state index contributed by atoms with van der Waals surface area (Å²) in [6.07, 6.45) is 3.15. The number of nitrogens with zero attached hydrogens (tertiary/aromatic N) is 1. The van der Waals surface area contributed by atoms with E-state index < -0.39 is 5.91 Å². The standard InChI is InChI=1S/C28H23ClN2O4/c1-17-6-15-22-24(16-17)28(34)31(27(22)33)25-5-3-2-4-23(25)26(32)30-19-9-13-21(14-10-19)35-20-11-7-18(29)8-12-20/h2-14,22,24H,15-16H2,1H3,(H,30,32)/t22-,24+/m0/s1. The highest BCUT2D eigenvalue weighted by atomic mass is 35.5. The molecular formula is C28H23ClN2O4. The zero-order valence-electron chi connectivity index (χ0n) is 19.0. The first kappa shape index (κ1) is 22.9. The normalized spacial score (nSPS) is 19.3. The minimum atomic E-state index is -0.406. The second-order valence-corrected chi connectivity index (χ2v) is 9.20. The second kappa shape index (κ2) is 9.39. The van der Waals surface area contributed by atoms with Crippen LogP contribution in [0.2, 0.25) is 5.02 Å². The molecule has 1 aliphatic carbocycles. The highest BCUT2D eigenvalue weighted by molar-refractivity contribution is 6.30. The van der Waals surface area contributed by atoms with Crippen molar-refractivity contribution >= 4 is 40.7 Å². The summed E-state index contributed by atoms with van der Waals surface area (Å²) in [7, 11) is 0. The summed E-state index contributed by atoms with van der Waals surface area (Å²) >= 11 is 5.90. The maximum Gasteiger partial charge on any atom is 0.257 e. The average Bonchev–Trinajstić information content (AvgIpc) is 3.10. The number of ether oxygens (including phenoxy) is 1. The van der Waals surface area contributed by atoms with Crippen molar-refractivity contribution in [3.63, 3.8) is 0 Å². The number of imide groups is 1. The quantitative estimate of drug-likeness (QED) is 0.342. The van der Waals surface area contributed by atoms with E-state index in [2.05, 4.69) is 5.32 Å². The number of halogens is 1. The van der Waals surface area contributed by atoms with Gasteiger partial charge in [0.15, 0.2) is 0 Å². The van der Waals surface area contributed by atoms with Crippen LogP contribution >= 0.6 is 11.6 Å². The first-order valence-corrected chi connectivity index (χ1v) is 11.8. The number of rotatable bonds is 5. The van der Waals surface area contributed by atoms with Crippen molar-refractivity contribution in [3.05, 3.63) is 95.0 Å². The minimum absolute atomic E-state index is 0.239. The number of carbonyl (C=O) groups is 3. The Hall–Kier alpha value is -3.90. The van der Waals surface area contributed by atoms with Gasteiger partial charge in [-0.1, -0.05) is 35.4 Å². The van der Waals surface area contributed by atoms with E-state index in [1.54, 1.807) is 72.8 Å². The maximum absolute atomic E-state index is 13.2. The Morgan fingerprint density at radius 3 is 2.26 bits per heavy atom. The molecule has 1 heterocycles. The van der Waals surface area contributed by atoms with E-state index in [9.17, 15) is 14.4 Å². The Morgan fingerprint density at radius 1 is 0.914 bits per heavy atom. The molecule has 35 heavy (non-hydrogen) atoms. The van der Waals surface area contributed by atoms with Crippen molar-refractivity contribution in [1.29, 1.82) is 0 Å². The lowest BCUT2D eigenvalue weighted by Crippen LogP contribution is -2.33. The molecule has 176 valence electrons. The van der Waals surface area contributed by atoms with Crippen LogP contribution in [0, 0.1) is 11.8 Å². The molecule has 3 aromatic carbocycles. The van der Waals surface area contributed by atoms with Gasteiger partial charge in [0.05, 0.1) is 23.1 Å². The van der Waals surface area contributed by atoms with Crippen LogP contribution < -0.4 is 15.0 Å². The number of fused-ring (bicyclic) bond motifs is 1. The Balaban J connectivity index is 1.33. The summed E-state index contributed by atoms with van der Waals surface area (Å²) in [6, 6.07) is 20.6. The van der Waals surface area contributed by atoms with Crippen molar-refractivity contribution in [2.75, 3.05) is 10.2 Å². The first-order valence-electron chi connectivity index (χ1n) is 11.4. The molecule has 1 aliphatic heterocycles. The summed E-state index contributed by atoms with van der Waals surface area (Å²) in [4.78, 5) is 40.6. The third kappa shape index (κ3) is 4.57. The van der Waals surface area contributed by atoms with Crippen molar-refractivity contribution in [2.45, 2.75) is 19.8 Å². The number of benzene rings is 3. The van der Waals surface area contributed by atoms with Crippen molar-refractivity contribution in [3.8, 4) is 11.5 Å². The van der Waals surface area contributed by atoms with Crippen LogP contribution in [0.3, 0.4) is 0 Å². The molecule has 2 atom stereocenters. The van der Waals surface area contributed by atoms with Gasteiger partial charge in [0, 0.05) is 10.7 Å². The van der Waals surface area contributed by atoms with E-state index in [4.69, 9.17) is 16.3 Å². The van der Waals surface area contributed by atoms with Gasteiger partial charge >= 0.3 is 0 Å². The van der Waals surface area contributed by atoms with Crippen LogP contribution in [-0.4, -0.2) is 17.7 Å². The van der Waals surface area contributed by atoms with Crippen LogP contribution in [0.25, 0.3) is 0 Å². The molecular weight excluding hydrogens is 464 g/mol. The number of carbonyl (C=O) groups excluding carboxylic acids is 3. The van der Waals surface area contributed by atoms with Gasteiger partial charge < -0.3 is 10.1 Å². The molecule has 0 radical (unpaired) electrons. The fourth-order valence-corrected chi connectivity index (χ4v) is 4.70. The Morgan fingerprint density at radius 2 is 1.54 bits per heavy atom. The Bertz CT molecular complexity index is 1330. The molecule has 2 aliphatic rings. The SMILES string of the molecule is CC1=CC[C@@H]2C(=O)N(c3ccccc3C(=O)Nc3ccc(Oc4ccc(Cl)cc4)cc3)C(=O)[C@@H]2C1. The van der Waals surface area contributed by atoms with Gasteiger partial charge in [-0.3, -0.25) is 14.4 Å². The van der Waals surface area contributed by atoms with Crippen LogP contribution in [0.1, 0.15) is 30.1 Å². The van der Waals surface area contributed by atoms with Crippen LogP contribution in [-0.2, 0) is 9.59 Å². The largest absolute Gasteiger partial charge is 0.457 e. The van der Waals surface area contributed by atoms with E-state index in [-0.39, 0.29) is 29.2 Å². The summed E-state index contributed by atoms with van der Waals surface area (Å²) in [5, 5.41) is 3.47. The summed E-state index contributed by atoms with van der Waals surface area (Å²) < 4.78 is 5.78. The van der Waals surface area contributed by atoms with Gasteiger partial charge in [-0.15, -0.1) is 0 Å². The molecule has 1 N–H and O–H groups in total. The minimum Gasteiger partial charge on any atom is -0.457 e. The van der Waals surface area contributed by atoms with Crippen molar-refractivity contribution in [2.24, 2.45) is 11.8 Å². The Labute approximate surface area is 208 Å². The molecule has 0 bridgehead atoms. The van der Waals surface area contributed by atoms with E-state index in [0.29, 0.717) is 40.7 Å². The fraction of sp³-hybridized carbons (Fsp3) is 0.179. The van der Waals surface area contributed by atoms with Crippen LogP contribution in [0.15, 0.2) is 84.4 Å². The number of nitrogens with one attached hydrogen (secondary N) is 1. The number of hydrogen-bond acceptors (Lipinski definition) is 4. The summed E-state index contributed by atoms with van der Waals surface area (Å²) in [5.74, 6) is -0.371. The third-order valence-electron chi connectivity index (χ3n) is 6.37. The van der Waals surface area contributed by atoms with E-state index in [1.165, 1.54) is 4.90 Å². The Kier molecular flexibility index (Phi) is 6.14. The number of allylic oxidation sites excluding steroid dienone is 2. The predicted molar refractivity (Wildman–Crippen MR) is 135 cm³/mol. The lowest BCUT2D eigenvalue weighted by molar-refractivity contribution is -0.122. The van der Waals surface area contributed by atoms with Gasteiger partial charge in [0.1, 0.15) is 11.5 Å². The first-order chi connectivity index (χ1) is 16.9. The zero-order chi connectivity index (χ0) is 24.5. The predicted octanol–water partition coefficient (Wildman–Crippen LogP) is 6.23. The molecule has 0 saturated carbocycles. The summed E-state index contributed by atoms with van der Waals surface area (Å²) in [5.41, 5.74) is 2.25. The lowest BCUT2D eigenvalue weighted by Gasteiger charge is -2.19. The summed E-state index contributed by atoms with van der Waals surface area (Å²) in [6.45, 7) is 1.98. The average molecular weight is 487 g/mol. The molecule has 0 aromatic heterocycles. The van der Waals surface area contributed by atoms with Crippen molar-refractivity contribution < 1.29 is 19.1 Å². The molecule has 0 unspecified atom stereocenters. The highest BCUT2D eigenvalue weighted by Crippen LogP contribution is 2.40. The van der Waals surface area contributed by atoms with E-state index >= 15 is 0 Å². The third-order valence-corrected chi connectivity index (χ3v) is 6.63. The zero-order valence-corrected chi connectivity index (χ0v) is 19.8. The lowest BCUT2D eigenvalue weighted by atomic mass is 9.82. The fourth-order valence-electron chi connectivity index (χ4n) is 4.58. The van der Waals surface area contributed by atoms with E-state index in [1.807, 2.05) is 13.0 Å². The number of anilines is 2. The van der Waals surface area contributed by atoms with Gasteiger partial charge in [-0.2, -0.15) is 0 Å². The molecule has 5 rings (SSSR count). The number of hydrogen-bond donors (Lipinski definition) is 1. The molecule has 0 spiro atoms. The molecule has 3 aromatic rings. The number of amides is 3. The van der Waals surface area contributed by atoms with Gasteiger partial charge in [0.25, 0.3) is 5.91 Å². The van der Waals surface area contributed by atoms with Gasteiger partial charge in [-0.05, 0) is 80.4 Å². The highest BCUT2D eigenvalue weighted by Gasteiger charge is 2.49. The van der Waals surface area contributed by atoms with Gasteiger partial charge in [-0.25, -0.2) is 4.90 Å². The molecule has 3 amide bonds. The van der Waals surface area contributed by atoms with Gasteiger partial charge in [0.2, 0.25) is 11.8 Å². The second-order valence-electron chi connectivity index (χ2n) is 8.77. The topological polar surface area (TPSA) is 75.7 Å². The monoisotopic (exact) mass is 486 g/mol. The number of para-hydroxylation sites is 1. The molecule has 1 saturated heterocycles. The van der Waals surface area contributed by atoms with Crippen LogP contribution in [0.4, 0.5) is 11.4 Å². The van der Waals surface area contributed by atoms with E-state index in [0.717, 1.165) is 5.57 Å². The molecule has 6 nitrogen and oxygen atoms in total. The van der Waals surface area contributed by atoms with Crippen molar-refractivity contribution in [1.82, 2.24) is 0 Å². The molecule has 7 heteroatoms. The maximum atomic E-state index is 13.2. The van der Waals surface area contributed by atoms with Crippen LogP contribution in [0.5, 0.6) is 11.5 Å². The molecule has 1 fully saturated rings. The smallest absolute Gasteiger partial charge is 0.257 e.